The van der Waals surface area contributed by atoms with Crippen molar-refractivity contribution in [2.75, 3.05) is 19.6 Å². The van der Waals surface area contributed by atoms with E-state index in [1.165, 1.54) is 11.1 Å². The molecule has 0 fully saturated rings. The summed E-state index contributed by atoms with van der Waals surface area (Å²) >= 11 is 6.00. The largest absolute Gasteiger partial charge is 0.357 e. The predicted octanol–water partition coefficient (Wildman–Crippen LogP) is 3.08. The molecule has 5 heteroatoms. The number of aliphatic imine (C=N–C) groups is 1. The molecule has 0 bridgehead atoms. The third kappa shape index (κ3) is 6.70. The lowest BCUT2D eigenvalue weighted by Gasteiger charge is -2.11. The van der Waals surface area contributed by atoms with E-state index in [2.05, 4.69) is 39.7 Å². The van der Waals surface area contributed by atoms with Crippen molar-refractivity contribution < 1.29 is 0 Å². The molecule has 1 heterocycles. The second-order valence-electron chi connectivity index (χ2n) is 5.18. The number of nitrogens with one attached hydrogen (secondary N) is 2. The number of pyridine rings is 1. The Morgan fingerprint density at radius 3 is 2.74 bits per heavy atom. The van der Waals surface area contributed by atoms with Crippen LogP contribution in [-0.2, 0) is 12.8 Å². The van der Waals surface area contributed by atoms with E-state index in [0.29, 0.717) is 0 Å². The van der Waals surface area contributed by atoms with Gasteiger partial charge in [-0.25, -0.2) is 0 Å². The summed E-state index contributed by atoms with van der Waals surface area (Å²) in [5.41, 5.74) is 2.42. The summed E-state index contributed by atoms with van der Waals surface area (Å²) in [6.45, 7) is 4.46. The summed E-state index contributed by atoms with van der Waals surface area (Å²) in [5.74, 6) is 0.846. The molecule has 1 aromatic heterocycles. The molecule has 23 heavy (non-hydrogen) atoms. The zero-order valence-electron chi connectivity index (χ0n) is 13.4. The molecule has 0 aliphatic carbocycles. The fourth-order valence-corrected chi connectivity index (χ4v) is 2.42. The Hall–Kier alpha value is -2.07. The second kappa shape index (κ2) is 9.85. The lowest BCUT2D eigenvalue weighted by Crippen LogP contribution is -2.38. The number of hydrogen-bond donors (Lipinski definition) is 2. The monoisotopic (exact) mass is 330 g/mol. The fourth-order valence-electron chi connectivity index (χ4n) is 2.20. The van der Waals surface area contributed by atoms with Gasteiger partial charge in [0, 0.05) is 37.1 Å². The molecule has 122 valence electrons. The van der Waals surface area contributed by atoms with Crippen molar-refractivity contribution in [1.82, 2.24) is 15.6 Å². The number of guanidine groups is 1. The average Bonchev–Trinajstić information content (AvgIpc) is 2.56. The van der Waals surface area contributed by atoms with E-state index < -0.39 is 0 Å². The number of nitrogens with zero attached hydrogens (tertiary/aromatic N) is 2. The van der Waals surface area contributed by atoms with Gasteiger partial charge in [-0.05, 0) is 49.1 Å². The van der Waals surface area contributed by atoms with Crippen LogP contribution < -0.4 is 10.6 Å². The highest BCUT2D eigenvalue weighted by atomic mass is 35.5. The molecule has 4 nitrogen and oxygen atoms in total. The van der Waals surface area contributed by atoms with E-state index in [9.17, 15) is 0 Å². The Kier molecular flexibility index (Phi) is 7.40. The van der Waals surface area contributed by atoms with Crippen LogP contribution in [0.5, 0.6) is 0 Å². The van der Waals surface area contributed by atoms with Crippen LogP contribution in [0.3, 0.4) is 0 Å². The minimum Gasteiger partial charge on any atom is -0.357 e. The first kappa shape index (κ1) is 17.3. The quantitative estimate of drug-likeness (QED) is 0.606. The minimum atomic E-state index is 0.725. The molecule has 1 aromatic carbocycles. The normalized spacial score (nSPS) is 11.3. The molecule has 2 rings (SSSR count). The first-order chi connectivity index (χ1) is 11.3. The van der Waals surface area contributed by atoms with E-state index in [-0.39, 0.29) is 0 Å². The van der Waals surface area contributed by atoms with Gasteiger partial charge in [-0.2, -0.15) is 0 Å². The number of aromatic nitrogens is 1. The molecule has 0 saturated carbocycles. The number of hydrogen-bond acceptors (Lipinski definition) is 2. The molecule has 0 saturated heterocycles. The third-order valence-corrected chi connectivity index (χ3v) is 3.57. The lowest BCUT2D eigenvalue weighted by molar-refractivity contribution is 0.795. The van der Waals surface area contributed by atoms with Crippen molar-refractivity contribution in [1.29, 1.82) is 0 Å². The van der Waals surface area contributed by atoms with Crippen LogP contribution in [0.2, 0.25) is 5.02 Å². The molecule has 0 unspecified atom stereocenters. The molecule has 0 aliphatic rings. The second-order valence-corrected chi connectivity index (χ2v) is 5.62. The summed E-state index contributed by atoms with van der Waals surface area (Å²) in [6, 6.07) is 12.0. The Balaban J connectivity index is 1.80. The summed E-state index contributed by atoms with van der Waals surface area (Å²) in [5, 5.41) is 7.39. The van der Waals surface area contributed by atoms with Crippen LogP contribution in [0.4, 0.5) is 0 Å². The first-order valence-electron chi connectivity index (χ1n) is 7.93. The SMILES string of the molecule is CCNC(=NCCc1cccc(Cl)c1)NCCc1cccnc1. The van der Waals surface area contributed by atoms with Gasteiger partial charge in [0.2, 0.25) is 0 Å². The van der Waals surface area contributed by atoms with Crippen LogP contribution in [0.15, 0.2) is 53.8 Å². The van der Waals surface area contributed by atoms with Crippen molar-refractivity contribution in [3.8, 4) is 0 Å². The minimum absolute atomic E-state index is 0.725. The summed E-state index contributed by atoms with van der Waals surface area (Å²) in [7, 11) is 0. The van der Waals surface area contributed by atoms with Crippen LogP contribution >= 0.6 is 11.6 Å². The van der Waals surface area contributed by atoms with Gasteiger partial charge >= 0.3 is 0 Å². The Morgan fingerprint density at radius 1 is 1.13 bits per heavy atom. The molecule has 0 amide bonds. The van der Waals surface area contributed by atoms with Gasteiger partial charge in [-0.1, -0.05) is 29.8 Å². The summed E-state index contributed by atoms with van der Waals surface area (Å²) in [4.78, 5) is 8.73. The Labute approximate surface area is 143 Å². The number of benzene rings is 1. The van der Waals surface area contributed by atoms with Crippen molar-refractivity contribution in [3.63, 3.8) is 0 Å². The van der Waals surface area contributed by atoms with E-state index in [4.69, 9.17) is 11.6 Å². The van der Waals surface area contributed by atoms with Gasteiger partial charge < -0.3 is 10.6 Å². The summed E-state index contributed by atoms with van der Waals surface area (Å²) in [6.07, 6.45) is 5.48. The Bertz CT molecular complexity index is 613. The molecular formula is C18H23ClN4. The fraction of sp³-hybridized carbons (Fsp3) is 0.333. The van der Waals surface area contributed by atoms with Gasteiger partial charge in [-0.15, -0.1) is 0 Å². The van der Waals surface area contributed by atoms with Crippen molar-refractivity contribution in [2.45, 2.75) is 19.8 Å². The molecule has 0 aliphatic heterocycles. The number of rotatable bonds is 7. The highest BCUT2D eigenvalue weighted by Gasteiger charge is 1.99. The standard InChI is InChI=1S/C18H23ClN4/c1-2-21-18(23-12-9-16-6-4-10-20-14-16)22-11-8-15-5-3-7-17(19)13-15/h3-7,10,13-14H,2,8-9,11-12H2,1H3,(H2,21,22,23). The van der Waals surface area contributed by atoms with Crippen LogP contribution in [-0.4, -0.2) is 30.6 Å². The van der Waals surface area contributed by atoms with E-state index in [1.807, 2.05) is 30.5 Å². The van der Waals surface area contributed by atoms with Crippen molar-refractivity contribution >= 4 is 17.6 Å². The maximum Gasteiger partial charge on any atom is 0.191 e. The molecule has 0 radical (unpaired) electrons. The molecular weight excluding hydrogens is 308 g/mol. The summed E-state index contributed by atoms with van der Waals surface area (Å²) < 4.78 is 0. The third-order valence-electron chi connectivity index (χ3n) is 3.33. The first-order valence-corrected chi connectivity index (χ1v) is 8.31. The van der Waals surface area contributed by atoms with Crippen LogP contribution in [0.25, 0.3) is 0 Å². The van der Waals surface area contributed by atoms with E-state index in [1.54, 1.807) is 6.20 Å². The van der Waals surface area contributed by atoms with Gasteiger partial charge in [0.1, 0.15) is 0 Å². The average molecular weight is 331 g/mol. The zero-order valence-corrected chi connectivity index (χ0v) is 14.2. The predicted molar refractivity (Wildman–Crippen MR) is 97.1 cm³/mol. The topological polar surface area (TPSA) is 49.3 Å². The maximum atomic E-state index is 6.00. The van der Waals surface area contributed by atoms with Gasteiger partial charge in [0.25, 0.3) is 0 Å². The maximum absolute atomic E-state index is 6.00. The lowest BCUT2D eigenvalue weighted by atomic mass is 10.1. The number of halogens is 1. The molecule has 0 atom stereocenters. The molecule has 2 aromatic rings. The van der Waals surface area contributed by atoms with E-state index >= 15 is 0 Å². The zero-order chi connectivity index (χ0) is 16.3. The van der Waals surface area contributed by atoms with Crippen molar-refractivity contribution in [2.24, 2.45) is 4.99 Å². The van der Waals surface area contributed by atoms with Crippen LogP contribution in [0.1, 0.15) is 18.1 Å². The highest BCUT2D eigenvalue weighted by molar-refractivity contribution is 6.30. The van der Waals surface area contributed by atoms with Crippen molar-refractivity contribution in [3.05, 3.63) is 64.9 Å². The van der Waals surface area contributed by atoms with Gasteiger partial charge in [0.05, 0.1) is 0 Å². The van der Waals surface area contributed by atoms with Gasteiger partial charge in [0.15, 0.2) is 5.96 Å². The van der Waals surface area contributed by atoms with Gasteiger partial charge in [-0.3, -0.25) is 9.98 Å². The Morgan fingerprint density at radius 2 is 2.00 bits per heavy atom. The molecule has 0 spiro atoms. The highest BCUT2D eigenvalue weighted by Crippen LogP contribution is 2.10. The van der Waals surface area contributed by atoms with Crippen LogP contribution in [0, 0.1) is 0 Å². The molecule has 2 N–H and O–H groups in total. The smallest absolute Gasteiger partial charge is 0.191 e. The van der Waals surface area contributed by atoms with E-state index in [0.717, 1.165) is 43.5 Å².